The van der Waals surface area contributed by atoms with E-state index in [1.165, 1.54) is 19.3 Å². The van der Waals surface area contributed by atoms with Crippen molar-refractivity contribution in [3.8, 4) is 0 Å². The van der Waals surface area contributed by atoms with Gasteiger partial charge < -0.3 is 9.47 Å². The molecule has 130 valence electrons. The third-order valence-corrected chi connectivity index (χ3v) is 3.87. The largest absolute Gasteiger partial charge is 0.466 e. The van der Waals surface area contributed by atoms with Crippen LogP contribution in [0.25, 0.3) is 0 Å². The van der Waals surface area contributed by atoms with E-state index < -0.39 is 0 Å². The average molecular weight is 379 g/mol. The van der Waals surface area contributed by atoms with E-state index >= 15 is 0 Å². The molecule has 0 heterocycles. The van der Waals surface area contributed by atoms with Crippen LogP contribution in [0.1, 0.15) is 77.6 Å². The number of hydrogen-bond acceptors (Lipinski definition) is 4. The lowest BCUT2D eigenvalue weighted by molar-refractivity contribution is -0.145. The summed E-state index contributed by atoms with van der Waals surface area (Å²) in [6, 6.07) is 0. The van der Waals surface area contributed by atoms with Crippen molar-refractivity contribution in [3.05, 3.63) is 0 Å². The maximum Gasteiger partial charge on any atom is 0.305 e. The fourth-order valence-corrected chi connectivity index (χ4v) is 2.37. The van der Waals surface area contributed by atoms with E-state index in [2.05, 4.69) is 22.9 Å². The molecule has 4 nitrogen and oxygen atoms in total. The third-order valence-electron chi connectivity index (χ3n) is 3.31. The van der Waals surface area contributed by atoms with Crippen LogP contribution in [0.5, 0.6) is 0 Å². The highest BCUT2D eigenvalue weighted by molar-refractivity contribution is 9.09. The Morgan fingerprint density at radius 1 is 0.727 bits per heavy atom. The molecule has 0 aliphatic rings. The molecule has 0 saturated carbocycles. The minimum atomic E-state index is -0.212. The molecule has 5 heteroatoms. The summed E-state index contributed by atoms with van der Waals surface area (Å²) >= 11 is 3.40. The lowest BCUT2D eigenvalue weighted by atomic mass is 10.2. The number of hydrogen-bond donors (Lipinski definition) is 0. The summed E-state index contributed by atoms with van der Waals surface area (Å²) in [7, 11) is 0. The standard InChI is InChI=1S/C17H31BrO4/c1-2-3-8-14-21-16(19)11-10-12-17(20)22-15-9-6-4-5-7-13-18/h2-15H2,1H3. The number of rotatable bonds is 15. The van der Waals surface area contributed by atoms with Gasteiger partial charge in [0.05, 0.1) is 13.2 Å². The number of unbranched alkanes of at least 4 members (excludes halogenated alkanes) is 6. The van der Waals surface area contributed by atoms with Gasteiger partial charge in [-0.1, -0.05) is 55.0 Å². The molecule has 0 N–H and O–H groups in total. The van der Waals surface area contributed by atoms with Gasteiger partial charge in [0.2, 0.25) is 0 Å². The molecule has 0 aliphatic carbocycles. The Labute approximate surface area is 143 Å². The number of halogens is 1. The van der Waals surface area contributed by atoms with Gasteiger partial charge in [-0.2, -0.15) is 0 Å². The van der Waals surface area contributed by atoms with Gasteiger partial charge in [-0.05, 0) is 25.7 Å². The van der Waals surface area contributed by atoms with Crippen molar-refractivity contribution in [2.45, 2.75) is 77.6 Å². The fourth-order valence-electron chi connectivity index (χ4n) is 1.97. The van der Waals surface area contributed by atoms with E-state index in [4.69, 9.17) is 9.47 Å². The van der Waals surface area contributed by atoms with Gasteiger partial charge in [0.15, 0.2) is 0 Å². The highest BCUT2D eigenvalue weighted by Crippen LogP contribution is 2.06. The van der Waals surface area contributed by atoms with E-state index in [0.717, 1.165) is 37.4 Å². The van der Waals surface area contributed by atoms with Crippen LogP contribution in [-0.4, -0.2) is 30.5 Å². The first-order valence-electron chi connectivity index (χ1n) is 8.58. The molecule has 0 radical (unpaired) electrons. The maximum atomic E-state index is 11.5. The van der Waals surface area contributed by atoms with Gasteiger partial charge in [-0.25, -0.2) is 0 Å². The highest BCUT2D eigenvalue weighted by atomic mass is 79.9. The molecule has 0 amide bonds. The lowest BCUT2D eigenvalue weighted by Crippen LogP contribution is -2.09. The SMILES string of the molecule is CCCCCOC(=O)CCCC(=O)OCCCCCCCBr. The number of ether oxygens (including phenoxy) is 2. The average Bonchev–Trinajstić information content (AvgIpc) is 2.51. The zero-order valence-corrected chi connectivity index (χ0v) is 15.5. The molecule has 0 atom stereocenters. The van der Waals surface area contributed by atoms with Crippen LogP contribution in [0, 0.1) is 0 Å². The number of alkyl halides is 1. The molecule has 22 heavy (non-hydrogen) atoms. The van der Waals surface area contributed by atoms with Gasteiger partial charge in [0.25, 0.3) is 0 Å². The first-order valence-corrected chi connectivity index (χ1v) is 9.70. The Hall–Kier alpha value is -0.580. The highest BCUT2D eigenvalue weighted by Gasteiger charge is 2.07. The second kappa shape index (κ2) is 16.8. The van der Waals surface area contributed by atoms with E-state index in [-0.39, 0.29) is 11.9 Å². The molecule has 0 fully saturated rings. The summed E-state index contributed by atoms with van der Waals surface area (Å²) in [6.07, 6.45) is 9.85. The fraction of sp³-hybridized carbons (Fsp3) is 0.882. The Kier molecular flexibility index (Phi) is 16.3. The van der Waals surface area contributed by atoms with Crippen LogP contribution < -0.4 is 0 Å². The zero-order chi connectivity index (χ0) is 16.5. The molecule has 0 rings (SSSR count). The molecular weight excluding hydrogens is 348 g/mol. The van der Waals surface area contributed by atoms with Crippen molar-refractivity contribution in [1.29, 1.82) is 0 Å². The topological polar surface area (TPSA) is 52.6 Å². The van der Waals surface area contributed by atoms with Gasteiger partial charge in [0, 0.05) is 18.2 Å². The molecule has 0 aromatic rings. The van der Waals surface area contributed by atoms with Crippen molar-refractivity contribution in [1.82, 2.24) is 0 Å². The van der Waals surface area contributed by atoms with Crippen LogP contribution >= 0.6 is 15.9 Å². The Bertz CT molecular complexity index is 282. The Morgan fingerprint density at radius 2 is 1.23 bits per heavy atom. The maximum absolute atomic E-state index is 11.5. The van der Waals surface area contributed by atoms with Crippen LogP contribution in [0.15, 0.2) is 0 Å². The van der Waals surface area contributed by atoms with Crippen molar-refractivity contribution >= 4 is 27.9 Å². The third kappa shape index (κ3) is 15.8. The summed E-state index contributed by atoms with van der Waals surface area (Å²) in [5.41, 5.74) is 0. The number of carbonyl (C=O) groups excluding carboxylic acids is 2. The van der Waals surface area contributed by atoms with E-state index in [1.807, 2.05) is 0 Å². The summed E-state index contributed by atoms with van der Waals surface area (Å²) in [5, 5.41) is 1.06. The van der Waals surface area contributed by atoms with Gasteiger partial charge in [-0.15, -0.1) is 0 Å². The smallest absolute Gasteiger partial charge is 0.305 e. The minimum Gasteiger partial charge on any atom is -0.466 e. The minimum absolute atomic E-state index is 0.209. The summed E-state index contributed by atoms with van der Waals surface area (Å²) in [5.74, 6) is -0.421. The van der Waals surface area contributed by atoms with Crippen molar-refractivity contribution in [3.63, 3.8) is 0 Å². The van der Waals surface area contributed by atoms with Gasteiger partial charge in [-0.3, -0.25) is 9.59 Å². The lowest BCUT2D eigenvalue weighted by Gasteiger charge is -2.05. The summed E-state index contributed by atoms with van der Waals surface area (Å²) < 4.78 is 10.2. The number of carbonyl (C=O) groups is 2. The predicted octanol–water partition coefficient (Wildman–Crippen LogP) is 4.78. The molecule has 0 aliphatic heterocycles. The second-order valence-electron chi connectivity index (χ2n) is 5.46. The van der Waals surface area contributed by atoms with Crippen LogP contribution in [0.3, 0.4) is 0 Å². The Morgan fingerprint density at radius 3 is 1.77 bits per heavy atom. The molecule has 0 unspecified atom stereocenters. The monoisotopic (exact) mass is 378 g/mol. The van der Waals surface area contributed by atoms with Crippen LogP contribution in [-0.2, 0) is 19.1 Å². The summed E-state index contributed by atoms with van der Waals surface area (Å²) in [6.45, 7) is 3.09. The zero-order valence-electron chi connectivity index (χ0n) is 13.9. The summed E-state index contributed by atoms with van der Waals surface area (Å²) in [4.78, 5) is 22.9. The van der Waals surface area contributed by atoms with Crippen molar-refractivity contribution in [2.24, 2.45) is 0 Å². The first kappa shape index (κ1) is 21.4. The van der Waals surface area contributed by atoms with Gasteiger partial charge >= 0.3 is 11.9 Å². The van der Waals surface area contributed by atoms with Crippen molar-refractivity contribution in [2.75, 3.05) is 18.5 Å². The Balaban J connectivity index is 3.33. The van der Waals surface area contributed by atoms with Crippen LogP contribution in [0.4, 0.5) is 0 Å². The van der Waals surface area contributed by atoms with E-state index in [9.17, 15) is 9.59 Å². The number of esters is 2. The first-order chi connectivity index (χ1) is 10.7. The van der Waals surface area contributed by atoms with Crippen LogP contribution in [0.2, 0.25) is 0 Å². The predicted molar refractivity (Wildman–Crippen MR) is 92.2 cm³/mol. The van der Waals surface area contributed by atoms with Crippen molar-refractivity contribution < 1.29 is 19.1 Å². The van der Waals surface area contributed by atoms with E-state index in [1.54, 1.807) is 0 Å². The van der Waals surface area contributed by atoms with E-state index in [0.29, 0.717) is 32.5 Å². The second-order valence-corrected chi connectivity index (χ2v) is 6.25. The molecule has 0 saturated heterocycles. The molecule has 0 spiro atoms. The normalized spacial score (nSPS) is 10.5. The molecule has 0 aromatic carbocycles. The molecular formula is C17H31BrO4. The quantitative estimate of drug-likeness (QED) is 0.233. The van der Waals surface area contributed by atoms with Gasteiger partial charge in [0.1, 0.15) is 0 Å². The molecule has 0 bridgehead atoms. The molecule has 0 aromatic heterocycles.